The van der Waals surface area contributed by atoms with Gasteiger partial charge >= 0.3 is 5.97 Å². The molecule has 2 heterocycles. The third kappa shape index (κ3) is 3.47. The molecule has 1 aromatic heterocycles. The van der Waals surface area contributed by atoms with Crippen LogP contribution in [0, 0.1) is 0 Å². The summed E-state index contributed by atoms with van der Waals surface area (Å²) in [7, 11) is -3.59. The SMILES string of the molecule is CCCn1cc(S(=O)(=O)N2CCCCCC2)cc1C(=O)O. The molecule has 0 bridgehead atoms. The van der Waals surface area contributed by atoms with Crippen molar-refractivity contribution in [2.45, 2.75) is 50.5 Å². The summed E-state index contributed by atoms with van der Waals surface area (Å²) in [6.45, 7) is 3.46. The molecule has 0 saturated carbocycles. The minimum atomic E-state index is -3.59. The number of rotatable bonds is 5. The van der Waals surface area contributed by atoms with Crippen LogP contribution in [-0.4, -0.2) is 41.5 Å². The number of hydrogen-bond acceptors (Lipinski definition) is 3. The van der Waals surface area contributed by atoms with E-state index in [9.17, 15) is 18.3 Å². The number of sulfonamides is 1. The number of aryl methyl sites for hydroxylation is 1. The van der Waals surface area contributed by atoms with Crippen molar-refractivity contribution in [3.05, 3.63) is 18.0 Å². The fraction of sp³-hybridized carbons (Fsp3) is 0.643. The van der Waals surface area contributed by atoms with E-state index in [4.69, 9.17) is 0 Å². The molecule has 0 aromatic carbocycles. The topological polar surface area (TPSA) is 79.6 Å². The van der Waals surface area contributed by atoms with Crippen LogP contribution in [0.3, 0.4) is 0 Å². The Morgan fingerprint density at radius 2 is 1.86 bits per heavy atom. The zero-order chi connectivity index (χ0) is 15.5. The van der Waals surface area contributed by atoms with Gasteiger partial charge in [-0.15, -0.1) is 0 Å². The van der Waals surface area contributed by atoms with Gasteiger partial charge in [-0.2, -0.15) is 4.31 Å². The van der Waals surface area contributed by atoms with E-state index in [1.807, 2.05) is 6.92 Å². The average molecular weight is 314 g/mol. The molecular formula is C14H22N2O4S. The summed E-state index contributed by atoms with van der Waals surface area (Å²) in [5.41, 5.74) is 0.0326. The Morgan fingerprint density at radius 3 is 2.38 bits per heavy atom. The van der Waals surface area contributed by atoms with E-state index in [0.29, 0.717) is 19.6 Å². The Morgan fingerprint density at radius 1 is 1.24 bits per heavy atom. The first kappa shape index (κ1) is 16.0. The number of carboxylic acids is 1. The molecular weight excluding hydrogens is 292 g/mol. The number of carbonyl (C=O) groups is 1. The van der Waals surface area contributed by atoms with Crippen molar-refractivity contribution in [3.63, 3.8) is 0 Å². The van der Waals surface area contributed by atoms with Gasteiger partial charge in [0, 0.05) is 25.8 Å². The molecule has 0 aliphatic carbocycles. The molecule has 7 heteroatoms. The maximum absolute atomic E-state index is 12.7. The highest BCUT2D eigenvalue weighted by molar-refractivity contribution is 7.89. The van der Waals surface area contributed by atoms with E-state index in [1.54, 1.807) is 0 Å². The summed E-state index contributed by atoms with van der Waals surface area (Å²) in [5.74, 6) is -1.10. The Hall–Kier alpha value is -1.34. The van der Waals surface area contributed by atoms with Gasteiger partial charge in [-0.1, -0.05) is 19.8 Å². The maximum Gasteiger partial charge on any atom is 0.352 e. The molecule has 0 unspecified atom stereocenters. The van der Waals surface area contributed by atoms with Crippen LogP contribution < -0.4 is 0 Å². The van der Waals surface area contributed by atoms with Crippen molar-refractivity contribution >= 4 is 16.0 Å². The van der Waals surface area contributed by atoms with E-state index in [1.165, 1.54) is 21.1 Å². The predicted octanol–water partition coefficient (Wildman–Crippen LogP) is 2.16. The first-order chi connectivity index (χ1) is 9.96. The average Bonchev–Trinajstić information content (AvgIpc) is 2.68. The molecule has 0 radical (unpaired) electrons. The van der Waals surface area contributed by atoms with E-state index in [-0.39, 0.29) is 10.6 Å². The number of aromatic nitrogens is 1. The molecule has 6 nitrogen and oxygen atoms in total. The van der Waals surface area contributed by atoms with Crippen LogP contribution in [0.4, 0.5) is 0 Å². The maximum atomic E-state index is 12.7. The molecule has 1 aliphatic rings. The fourth-order valence-corrected chi connectivity index (χ4v) is 4.22. The lowest BCUT2D eigenvalue weighted by atomic mass is 10.2. The number of carboxylic acid groups (broad SMARTS) is 1. The molecule has 0 atom stereocenters. The summed E-state index contributed by atoms with van der Waals surface area (Å²) >= 11 is 0. The molecule has 1 aliphatic heterocycles. The molecule has 1 N–H and O–H groups in total. The molecule has 0 spiro atoms. The van der Waals surface area contributed by atoms with Gasteiger partial charge < -0.3 is 9.67 Å². The Bertz CT molecular complexity index is 598. The minimum Gasteiger partial charge on any atom is -0.477 e. The second-order valence-corrected chi connectivity index (χ2v) is 7.32. The Balaban J connectivity index is 2.35. The van der Waals surface area contributed by atoms with Crippen LogP contribution in [0.25, 0.3) is 0 Å². The molecule has 1 aromatic rings. The van der Waals surface area contributed by atoms with Gasteiger partial charge in [-0.05, 0) is 25.3 Å². The van der Waals surface area contributed by atoms with Gasteiger partial charge in [0.05, 0.1) is 0 Å². The largest absolute Gasteiger partial charge is 0.477 e. The third-order valence-electron chi connectivity index (χ3n) is 3.76. The smallest absolute Gasteiger partial charge is 0.352 e. The zero-order valence-corrected chi connectivity index (χ0v) is 13.1. The predicted molar refractivity (Wildman–Crippen MR) is 78.9 cm³/mol. The molecule has 118 valence electrons. The molecule has 2 rings (SSSR count). The van der Waals surface area contributed by atoms with Crippen molar-refractivity contribution < 1.29 is 18.3 Å². The van der Waals surface area contributed by atoms with E-state index >= 15 is 0 Å². The summed E-state index contributed by atoms with van der Waals surface area (Å²) in [4.78, 5) is 11.3. The van der Waals surface area contributed by atoms with Gasteiger partial charge in [-0.25, -0.2) is 13.2 Å². The second-order valence-electron chi connectivity index (χ2n) is 5.38. The normalized spacial score (nSPS) is 17.6. The highest BCUT2D eigenvalue weighted by Gasteiger charge is 2.28. The lowest BCUT2D eigenvalue weighted by Crippen LogP contribution is -2.31. The standard InChI is InChI=1S/C14H22N2O4S/c1-2-7-15-11-12(10-13(15)14(17)18)21(19,20)16-8-5-3-4-6-9-16/h10-11H,2-9H2,1H3,(H,17,18). The van der Waals surface area contributed by atoms with Gasteiger partial charge in [0.1, 0.15) is 10.6 Å². The monoisotopic (exact) mass is 314 g/mol. The van der Waals surface area contributed by atoms with E-state index in [2.05, 4.69) is 0 Å². The Labute approximate surface area is 125 Å². The molecule has 21 heavy (non-hydrogen) atoms. The Kier molecular flexibility index (Phi) is 5.05. The summed E-state index contributed by atoms with van der Waals surface area (Å²) in [6.07, 6.45) is 6.01. The van der Waals surface area contributed by atoms with Crippen molar-refractivity contribution in [3.8, 4) is 0 Å². The van der Waals surface area contributed by atoms with Crippen LogP contribution in [0.15, 0.2) is 17.2 Å². The second kappa shape index (κ2) is 6.62. The van der Waals surface area contributed by atoms with Crippen LogP contribution in [0.1, 0.15) is 49.5 Å². The summed E-state index contributed by atoms with van der Waals surface area (Å²) in [5, 5.41) is 9.20. The molecule has 1 fully saturated rings. The lowest BCUT2D eigenvalue weighted by molar-refractivity contribution is 0.0685. The molecule has 0 amide bonds. The van der Waals surface area contributed by atoms with Gasteiger partial charge in [0.25, 0.3) is 0 Å². The first-order valence-electron chi connectivity index (χ1n) is 7.40. The number of hydrogen-bond donors (Lipinski definition) is 1. The van der Waals surface area contributed by atoms with Gasteiger partial charge in [0.15, 0.2) is 0 Å². The van der Waals surface area contributed by atoms with Crippen molar-refractivity contribution in [2.75, 3.05) is 13.1 Å². The first-order valence-corrected chi connectivity index (χ1v) is 8.84. The van der Waals surface area contributed by atoms with Crippen LogP contribution in [0.5, 0.6) is 0 Å². The van der Waals surface area contributed by atoms with E-state index < -0.39 is 16.0 Å². The third-order valence-corrected chi connectivity index (χ3v) is 5.62. The number of nitrogens with zero attached hydrogens (tertiary/aromatic N) is 2. The summed E-state index contributed by atoms with van der Waals surface area (Å²) < 4.78 is 28.3. The highest BCUT2D eigenvalue weighted by atomic mass is 32.2. The van der Waals surface area contributed by atoms with Gasteiger partial charge in [0.2, 0.25) is 10.0 Å². The van der Waals surface area contributed by atoms with Crippen LogP contribution >= 0.6 is 0 Å². The van der Waals surface area contributed by atoms with Gasteiger partial charge in [-0.3, -0.25) is 0 Å². The minimum absolute atomic E-state index is 0.0326. The van der Waals surface area contributed by atoms with Crippen LogP contribution in [0.2, 0.25) is 0 Å². The lowest BCUT2D eigenvalue weighted by Gasteiger charge is -2.18. The van der Waals surface area contributed by atoms with Crippen LogP contribution in [-0.2, 0) is 16.6 Å². The zero-order valence-electron chi connectivity index (χ0n) is 12.3. The van der Waals surface area contributed by atoms with Crippen molar-refractivity contribution in [2.24, 2.45) is 0 Å². The van der Waals surface area contributed by atoms with E-state index in [0.717, 1.165) is 32.1 Å². The number of aromatic carboxylic acids is 1. The fourth-order valence-electron chi connectivity index (χ4n) is 2.66. The quantitative estimate of drug-likeness (QED) is 0.903. The highest BCUT2D eigenvalue weighted by Crippen LogP contribution is 2.22. The van der Waals surface area contributed by atoms with Crippen molar-refractivity contribution in [1.29, 1.82) is 0 Å². The molecule has 1 saturated heterocycles. The summed E-state index contributed by atoms with van der Waals surface area (Å²) in [6, 6.07) is 1.28. The van der Waals surface area contributed by atoms with Crippen molar-refractivity contribution in [1.82, 2.24) is 8.87 Å².